The first-order valence-corrected chi connectivity index (χ1v) is 9.25. The molecule has 0 fully saturated rings. The van der Waals surface area contributed by atoms with Crippen molar-refractivity contribution in [3.8, 4) is 11.4 Å². The zero-order valence-electron chi connectivity index (χ0n) is 13.9. The second-order valence-electron chi connectivity index (χ2n) is 5.55. The van der Waals surface area contributed by atoms with E-state index in [1.165, 1.54) is 29.1 Å². The largest absolute Gasteiger partial charge is 0.291 e. The van der Waals surface area contributed by atoms with Gasteiger partial charge in [0.15, 0.2) is 17.0 Å². The van der Waals surface area contributed by atoms with Crippen molar-refractivity contribution in [1.29, 1.82) is 0 Å². The molecule has 9 heteroatoms. The van der Waals surface area contributed by atoms with Gasteiger partial charge in [0.25, 0.3) is 0 Å². The number of H-pyrrole nitrogens is 1. The van der Waals surface area contributed by atoms with E-state index in [1.54, 1.807) is 24.3 Å². The van der Waals surface area contributed by atoms with E-state index >= 15 is 0 Å². The van der Waals surface area contributed by atoms with Crippen molar-refractivity contribution in [2.75, 3.05) is 0 Å². The molecule has 27 heavy (non-hydrogen) atoms. The van der Waals surface area contributed by atoms with Crippen LogP contribution in [0.5, 0.6) is 0 Å². The van der Waals surface area contributed by atoms with E-state index < -0.39 is 5.37 Å². The first-order valence-electron chi connectivity index (χ1n) is 7.99. The van der Waals surface area contributed by atoms with Crippen LogP contribution in [0.3, 0.4) is 0 Å². The third-order valence-corrected chi connectivity index (χ3v) is 5.06. The van der Waals surface area contributed by atoms with Gasteiger partial charge in [0.2, 0.25) is 5.16 Å². The van der Waals surface area contributed by atoms with Crippen LogP contribution in [0.1, 0.15) is 15.7 Å². The van der Waals surface area contributed by atoms with E-state index in [4.69, 9.17) is 11.6 Å². The van der Waals surface area contributed by atoms with Crippen molar-refractivity contribution in [1.82, 2.24) is 29.9 Å². The third-order valence-electron chi connectivity index (χ3n) is 3.76. The van der Waals surface area contributed by atoms with Crippen LogP contribution >= 0.6 is 23.4 Å². The van der Waals surface area contributed by atoms with E-state index in [1.807, 2.05) is 30.3 Å². The van der Waals surface area contributed by atoms with Crippen LogP contribution in [0.4, 0.5) is 0 Å². The fourth-order valence-electron chi connectivity index (χ4n) is 2.45. The number of rotatable bonds is 6. The monoisotopic (exact) mass is 396 g/mol. The van der Waals surface area contributed by atoms with Gasteiger partial charge >= 0.3 is 0 Å². The highest BCUT2D eigenvalue weighted by atomic mass is 35.5. The number of carbonyl (C=O) groups excluding carboxylic acids is 1. The van der Waals surface area contributed by atoms with Gasteiger partial charge in [-0.2, -0.15) is 5.10 Å². The summed E-state index contributed by atoms with van der Waals surface area (Å²) in [5.74, 6) is 0.489. The van der Waals surface area contributed by atoms with Crippen LogP contribution in [0, 0.1) is 0 Å². The molecule has 0 radical (unpaired) electrons. The van der Waals surface area contributed by atoms with E-state index in [0.717, 1.165) is 5.56 Å². The number of ketones is 1. The number of thioether (sulfide) groups is 1. The normalized spacial score (nSPS) is 12.0. The lowest BCUT2D eigenvalue weighted by molar-refractivity contribution is 0.0962. The van der Waals surface area contributed by atoms with Gasteiger partial charge < -0.3 is 0 Å². The summed E-state index contributed by atoms with van der Waals surface area (Å²) in [6.45, 7) is 0. The zero-order valence-corrected chi connectivity index (χ0v) is 15.4. The number of hydrogen-bond donors (Lipinski definition) is 1. The zero-order chi connectivity index (χ0) is 18.6. The molecule has 0 unspecified atom stereocenters. The van der Waals surface area contributed by atoms with Crippen molar-refractivity contribution in [3.63, 3.8) is 0 Å². The lowest BCUT2D eigenvalue weighted by Gasteiger charge is -2.13. The molecule has 0 aliphatic rings. The topological polar surface area (TPSA) is 89.4 Å². The molecule has 0 bridgehead atoms. The number of aromatic amines is 1. The first-order chi connectivity index (χ1) is 13.2. The third kappa shape index (κ3) is 3.91. The molecule has 2 aromatic heterocycles. The van der Waals surface area contributed by atoms with Crippen LogP contribution in [0.25, 0.3) is 11.4 Å². The Morgan fingerprint density at radius 2 is 1.89 bits per heavy atom. The smallest absolute Gasteiger partial charge is 0.211 e. The molecule has 4 aromatic rings. The molecule has 1 N–H and O–H groups in total. The van der Waals surface area contributed by atoms with E-state index in [9.17, 15) is 4.79 Å². The Bertz CT molecular complexity index is 1030. The summed E-state index contributed by atoms with van der Waals surface area (Å²) in [5, 5.41) is 11.6. The summed E-state index contributed by atoms with van der Waals surface area (Å²) in [6.07, 6.45) is 2.90. The van der Waals surface area contributed by atoms with Crippen LogP contribution < -0.4 is 0 Å². The van der Waals surface area contributed by atoms with Crippen LogP contribution in [0.2, 0.25) is 5.02 Å². The highest BCUT2D eigenvalue weighted by molar-refractivity contribution is 7.99. The van der Waals surface area contributed by atoms with Crippen LogP contribution in [0.15, 0.2) is 72.4 Å². The molecule has 7 nitrogen and oxygen atoms in total. The van der Waals surface area contributed by atoms with E-state index in [2.05, 4.69) is 25.3 Å². The summed E-state index contributed by atoms with van der Waals surface area (Å²) in [6, 6.07) is 16.3. The van der Waals surface area contributed by atoms with Crippen molar-refractivity contribution in [2.45, 2.75) is 10.5 Å². The highest BCUT2D eigenvalue weighted by Gasteiger charge is 2.26. The Morgan fingerprint density at radius 1 is 1.11 bits per heavy atom. The maximum absolute atomic E-state index is 13.0. The molecular weight excluding hydrogens is 384 g/mol. The summed E-state index contributed by atoms with van der Waals surface area (Å²) in [4.78, 5) is 21.4. The maximum Gasteiger partial charge on any atom is 0.211 e. The van der Waals surface area contributed by atoms with E-state index in [0.29, 0.717) is 21.6 Å². The number of aromatic nitrogens is 6. The molecule has 0 spiro atoms. The SMILES string of the molecule is O=C(c1ccccc1)[C@H](Sc1n[nH]c(-c2ccc(Cl)cc2)n1)n1cncn1. The standard InChI is InChI=1S/C18H13ClN6OS/c19-14-8-6-13(7-9-14)16-22-18(24-23-16)27-17(25-11-20-10-21-25)15(26)12-4-2-1-3-5-12/h1-11,17H,(H,22,23,24)/t17-/m0/s1. The molecule has 2 heterocycles. The number of benzene rings is 2. The van der Waals surface area contributed by atoms with Gasteiger partial charge in [-0.25, -0.2) is 14.6 Å². The quantitative estimate of drug-likeness (QED) is 0.393. The predicted molar refractivity (Wildman–Crippen MR) is 103 cm³/mol. The van der Waals surface area contributed by atoms with Gasteiger partial charge in [0, 0.05) is 16.1 Å². The summed E-state index contributed by atoms with van der Waals surface area (Å²) in [7, 11) is 0. The fourth-order valence-corrected chi connectivity index (χ4v) is 3.47. The van der Waals surface area contributed by atoms with Gasteiger partial charge in [-0.3, -0.25) is 9.89 Å². The van der Waals surface area contributed by atoms with Crippen molar-refractivity contribution >= 4 is 29.1 Å². The van der Waals surface area contributed by atoms with Gasteiger partial charge in [-0.15, -0.1) is 5.10 Å². The van der Waals surface area contributed by atoms with Gasteiger partial charge in [-0.1, -0.05) is 41.9 Å². The number of carbonyl (C=O) groups is 1. The second kappa shape index (κ2) is 7.73. The van der Waals surface area contributed by atoms with Gasteiger partial charge in [0.05, 0.1) is 0 Å². The molecule has 1 atom stereocenters. The van der Waals surface area contributed by atoms with Crippen LogP contribution in [-0.2, 0) is 0 Å². The number of Topliss-reactive ketones (excluding diaryl/α,β-unsaturated/α-hetero) is 1. The molecule has 0 saturated carbocycles. The molecule has 134 valence electrons. The Hall–Kier alpha value is -2.97. The molecular formula is C18H13ClN6OS. The number of hydrogen-bond acceptors (Lipinski definition) is 6. The fraction of sp³-hybridized carbons (Fsp3) is 0.0556. The summed E-state index contributed by atoms with van der Waals surface area (Å²) >= 11 is 7.12. The Morgan fingerprint density at radius 3 is 2.59 bits per heavy atom. The minimum atomic E-state index is -0.663. The Kier molecular flexibility index (Phi) is 4.99. The van der Waals surface area contributed by atoms with Gasteiger partial charge in [-0.05, 0) is 36.0 Å². The predicted octanol–water partition coefficient (Wildman–Crippen LogP) is 3.89. The van der Waals surface area contributed by atoms with Crippen LogP contribution in [-0.4, -0.2) is 35.7 Å². The molecule has 0 aliphatic carbocycles. The molecule has 0 saturated heterocycles. The Labute approximate surface area is 163 Å². The number of halogens is 1. The highest BCUT2D eigenvalue weighted by Crippen LogP contribution is 2.32. The van der Waals surface area contributed by atoms with Gasteiger partial charge in [0.1, 0.15) is 12.7 Å². The lowest BCUT2D eigenvalue weighted by atomic mass is 10.1. The number of nitrogens with one attached hydrogen (secondary N) is 1. The van der Waals surface area contributed by atoms with Crippen molar-refractivity contribution < 1.29 is 4.79 Å². The Balaban J connectivity index is 1.61. The molecule has 0 amide bonds. The summed E-state index contributed by atoms with van der Waals surface area (Å²) in [5.41, 5.74) is 1.43. The maximum atomic E-state index is 13.0. The minimum absolute atomic E-state index is 0.107. The minimum Gasteiger partial charge on any atom is -0.291 e. The average Bonchev–Trinajstić information content (AvgIpc) is 3.39. The van der Waals surface area contributed by atoms with Crippen molar-refractivity contribution in [2.24, 2.45) is 0 Å². The number of nitrogens with zero attached hydrogens (tertiary/aromatic N) is 5. The molecule has 2 aromatic carbocycles. The molecule has 4 rings (SSSR count). The van der Waals surface area contributed by atoms with Crippen molar-refractivity contribution in [3.05, 3.63) is 77.8 Å². The first kappa shape index (κ1) is 17.4. The molecule has 0 aliphatic heterocycles. The second-order valence-corrected chi connectivity index (χ2v) is 7.03. The van der Waals surface area contributed by atoms with E-state index in [-0.39, 0.29) is 5.78 Å². The summed E-state index contributed by atoms with van der Waals surface area (Å²) < 4.78 is 1.50. The lowest BCUT2D eigenvalue weighted by Crippen LogP contribution is -2.17. The average molecular weight is 397 g/mol.